The Morgan fingerprint density at radius 2 is 1.91 bits per heavy atom. The molecule has 32 heavy (non-hydrogen) atoms. The number of fused-ring (bicyclic) bond motifs is 1. The van der Waals surface area contributed by atoms with Crippen LogP contribution in [0.1, 0.15) is 33.0 Å². The molecule has 2 aromatic rings. The number of carbonyl (C=O) groups is 2. The van der Waals surface area contributed by atoms with Gasteiger partial charge in [-0.25, -0.2) is 9.78 Å². The van der Waals surface area contributed by atoms with E-state index in [9.17, 15) is 14.7 Å². The predicted molar refractivity (Wildman–Crippen MR) is 130 cm³/mol. The zero-order valence-corrected chi connectivity index (χ0v) is 20.4. The summed E-state index contributed by atoms with van der Waals surface area (Å²) in [5.74, 6) is 0.178. The van der Waals surface area contributed by atoms with Gasteiger partial charge in [0.25, 0.3) is 0 Å². The summed E-state index contributed by atoms with van der Waals surface area (Å²) in [6, 6.07) is 4.04. The molecule has 0 bridgehead atoms. The number of hydrogen-bond donors (Lipinski definition) is 3. The standard InChI is InChI=1S/C22H33Cl2N5O3/c1-4-29-19-6-5-15(28(9-7-23)10-8-24)12-17(19)26-20(29)13-18(22(31)32)27-21(30)16(25)11-14(2)3/h5-6,12,14,16,18H,4,7-11,13,25H2,1-3H3,(H,27,30)(H,31,32)/t16-,18-/m0/s1. The third kappa shape index (κ3) is 6.73. The van der Waals surface area contributed by atoms with Crippen LogP contribution < -0.4 is 16.0 Å². The first-order chi connectivity index (χ1) is 15.2. The van der Waals surface area contributed by atoms with E-state index in [0.29, 0.717) is 43.6 Å². The number of carboxylic acids is 1. The summed E-state index contributed by atoms with van der Waals surface area (Å²) in [6.07, 6.45) is 0.538. The third-order valence-corrected chi connectivity index (χ3v) is 5.60. The Balaban J connectivity index is 2.31. The van der Waals surface area contributed by atoms with Crippen LogP contribution in [-0.4, -0.2) is 63.5 Å². The zero-order chi connectivity index (χ0) is 23.8. The van der Waals surface area contributed by atoms with Gasteiger partial charge in [-0.1, -0.05) is 13.8 Å². The summed E-state index contributed by atoms with van der Waals surface area (Å²) < 4.78 is 1.96. The molecule has 2 atom stereocenters. The highest BCUT2D eigenvalue weighted by Crippen LogP contribution is 2.24. The van der Waals surface area contributed by atoms with Crippen LogP contribution >= 0.6 is 23.2 Å². The van der Waals surface area contributed by atoms with Gasteiger partial charge >= 0.3 is 5.97 Å². The SMILES string of the molecule is CCn1c(C[C@H](NC(=O)[C@@H](N)CC(C)C)C(=O)O)nc2cc(N(CCCl)CCCl)ccc21. The number of anilines is 1. The van der Waals surface area contributed by atoms with E-state index >= 15 is 0 Å². The molecule has 1 aromatic carbocycles. The molecule has 0 aliphatic rings. The Bertz CT molecular complexity index is 912. The quantitative estimate of drug-likeness (QED) is 0.376. The Morgan fingerprint density at radius 1 is 1.25 bits per heavy atom. The second-order valence-electron chi connectivity index (χ2n) is 8.15. The van der Waals surface area contributed by atoms with Gasteiger partial charge in [0, 0.05) is 43.5 Å². The minimum Gasteiger partial charge on any atom is -0.480 e. The lowest BCUT2D eigenvalue weighted by Gasteiger charge is -2.22. The van der Waals surface area contributed by atoms with Gasteiger partial charge in [-0.2, -0.15) is 0 Å². The molecule has 0 fully saturated rings. The average Bonchev–Trinajstić information content (AvgIpc) is 3.08. The van der Waals surface area contributed by atoms with Crippen molar-refractivity contribution in [1.29, 1.82) is 0 Å². The summed E-state index contributed by atoms with van der Waals surface area (Å²) in [5, 5.41) is 12.3. The number of amides is 1. The molecule has 1 heterocycles. The van der Waals surface area contributed by atoms with E-state index in [0.717, 1.165) is 16.7 Å². The number of imidazole rings is 1. The minimum atomic E-state index is -1.12. The summed E-state index contributed by atoms with van der Waals surface area (Å²) in [6.45, 7) is 7.82. The van der Waals surface area contributed by atoms with Crippen LogP contribution in [0.5, 0.6) is 0 Å². The number of rotatable bonds is 13. The van der Waals surface area contributed by atoms with E-state index in [1.54, 1.807) is 0 Å². The summed E-state index contributed by atoms with van der Waals surface area (Å²) >= 11 is 11.9. The Labute approximate surface area is 199 Å². The maximum atomic E-state index is 12.4. The molecule has 0 radical (unpaired) electrons. The number of alkyl halides is 2. The molecule has 0 aliphatic carbocycles. The highest BCUT2D eigenvalue weighted by Gasteiger charge is 2.26. The second kappa shape index (κ2) is 12.3. The smallest absolute Gasteiger partial charge is 0.326 e. The van der Waals surface area contributed by atoms with E-state index in [2.05, 4.69) is 10.2 Å². The number of nitrogens with zero attached hydrogens (tertiary/aromatic N) is 3. The number of nitrogens with two attached hydrogens (primary N) is 1. The van der Waals surface area contributed by atoms with Gasteiger partial charge in [-0.15, -0.1) is 23.2 Å². The van der Waals surface area contributed by atoms with Crippen molar-refractivity contribution in [3.05, 3.63) is 24.0 Å². The van der Waals surface area contributed by atoms with Crippen molar-refractivity contribution in [3.63, 3.8) is 0 Å². The van der Waals surface area contributed by atoms with Crippen molar-refractivity contribution in [2.45, 2.75) is 52.2 Å². The Hall–Kier alpha value is -2.03. The Kier molecular flexibility index (Phi) is 10.1. The van der Waals surface area contributed by atoms with Crippen LogP contribution in [0.25, 0.3) is 11.0 Å². The molecule has 4 N–H and O–H groups in total. The summed E-state index contributed by atoms with van der Waals surface area (Å²) in [7, 11) is 0. The topological polar surface area (TPSA) is 113 Å². The molecule has 0 saturated heterocycles. The molecule has 0 spiro atoms. The number of carboxylic acid groups (broad SMARTS) is 1. The van der Waals surface area contributed by atoms with Crippen LogP contribution in [0.3, 0.4) is 0 Å². The fourth-order valence-electron chi connectivity index (χ4n) is 3.72. The largest absolute Gasteiger partial charge is 0.480 e. The molecule has 0 saturated carbocycles. The van der Waals surface area contributed by atoms with E-state index in [4.69, 9.17) is 33.9 Å². The van der Waals surface area contributed by atoms with E-state index < -0.39 is 24.0 Å². The van der Waals surface area contributed by atoms with Crippen molar-refractivity contribution in [2.75, 3.05) is 29.7 Å². The number of nitrogens with one attached hydrogen (secondary N) is 1. The van der Waals surface area contributed by atoms with Crippen molar-refractivity contribution in [3.8, 4) is 0 Å². The van der Waals surface area contributed by atoms with Gasteiger partial charge in [-0.05, 0) is 37.5 Å². The lowest BCUT2D eigenvalue weighted by molar-refractivity contribution is -0.142. The third-order valence-electron chi connectivity index (χ3n) is 5.26. The van der Waals surface area contributed by atoms with Gasteiger partial charge in [-0.3, -0.25) is 4.79 Å². The molecular formula is C22H33Cl2N5O3. The van der Waals surface area contributed by atoms with E-state index in [1.165, 1.54) is 0 Å². The lowest BCUT2D eigenvalue weighted by atomic mass is 10.0. The number of carbonyl (C=O) groups excluding carboxylic acids is 1. The number of aliphatic carboxylic acids is 1. The molecule has 1 aromatic heterocycles. The highest BCUT2D eigenvalue weighted by atomic mass is 35.5. The number of aromatic nitrogens is 2. The lowest BCUT2D eigenvalue weighted by Crippen LogP contribution is -2.49. The molecule has 1 amide bonds. The van der Waals surface area contributed by atoms with Crippen molar-refractivity contribution in [2.24, 2.45) is 11.7 Å². The number of aryl methyl sites for hydroxylation is 1. The molecule has 0 unspecified atom stereocenters. The van der Waals surface area contributed by atoms with E-state index in [-0.39, 0.29) is 12.3 Å². The van der Waals surface area contributed by atoms with Crippen molar-refractivity contribution < 1.29 is 14.7 Å². The Morgan fingerprint density at radius 3 is 2.44 bits per heavy atom. The fraction of sp³-hybridized carbons (Fsp3) is 0.591. The average molecular weight is 486 g/mol. The van der Waals surface area contributed by atoms with Crippen LogP contribution in [-0.2, 0) is 22.6 Å². The summed E-state index contributed by atoms with van der Waals surface area (Å²) in [5.41, 5.74) is 8.52. The molecular weight excluding hydrogens is 453 g/mol. The maximum absolute atomic E-state index is 12.4. The van der Waals surface area contributed by atoms with Gasteiger partial charge in [0.2, 0.25) is 5.91 Å². The van der Waals surface area contributed by atoms with Crippen LogP contribution in [0.15, 0.2) is 18.2 Å². The fourth-order valence-corrected chi connectivity index (χ4v) is 4.13. The van der Waals surface area contributed by atoms with Gasteiger partial charge < -0.3 is 25.6 Å². The normalized spacial score (nSPS) is 13.3. The van der Waals surface area contributed by atoms with Gasteiger partial charge in [0.15, 0.2) is 0 Å². The van der Waals surface area contributed by atoms with Crippen molar-refractivity contribution in [1.82, 2.24) is 14.9 Å². The number of benzene rings is 1. The number of hydrogen-bond acceptors (Lipinski definition) is 5. The molecule has 10 heteroatoms. The van der Waals surface area contributed by atoms with Crippen LogP contribution in [0.4, 0.5) is 5.69 Å². The van der Waals surface area contributed by atoms with Gasteiger partial charge in [0.05, 0.1) is 17.1 Å². The van der Waals surface area contributed by atoms with Crippen LogP contribution in [0.2, 0.25) is 0 Å². The van der Waals surface area contributed by atoms with Gasteiger partial charge in [0.1, 0.15) is 11.9 Å². The van der Waals surface area contributed by atoms with Crippen molar-refractivity contribution >= 4 is 51.8 Å². The van der Waals surface area contributed by atoms with E-state index in [1.807, 2.05) is 43.5 Å². The highest BCUT2D eigenvalue weighted by molar-refractivity contribution is 6.18. The molecule has 0 aliphatic heterocycles. The monoisotopic (exact) mass is 485 g/mol. The zero-order valence-electron chi connectivity index (χ0n) is 18.9. The first kappa shape index (κ1) is 26.2. The number of halogens is 2. The second-order valence-corrected chi connectivity index (χ2v) is 8.91. The maximum Gasteiger partial charge on any atom is 0.326 e. The molecule has 2 rings (SSSR count). The minimum absolute atomic E-state index is 0.0560. The summed E-state index contributed by atoms with van der Waals surface area (Å²) in [4.78, 5) is 31.0. The first-order valence-corrected chi connectivity index (χ1v) is 11.9. The molecule has 8 nitrogen and oxygen atoms in total. The molecule has 178 valence electrons. The van der Waals surface area contributed by atoms with Crippen LogP contribution in [0, 0.1) is 5.92 Å². The first-order valence-electron chi connectivity index (χ1n) is 10.9. The predicted octanol–water partition coefficient (Wildman–Crippen LogP) is 2.83.